The Kier molecular flexibility index (Phi) is 6.89. The molecule has 0 radical (unpaired) electrons. The number of Topliss-reactive ketones (excluding diaryl/α,β-unsaturated/α-hetero) is 1. The second-order valence-electron chi connectivity index (χ2n) is 10.9. The van der Waals surface area contributed by atoms with Gasteiger partial charge in [-0.1, -0.05) is 40.7 Å². The van der Waals surface area contributed by atoms with E-state index in [4.69, 9.17) is 4.74 Å². The van der Waals surface area contributed by atoms with E-state index in [0.717, 1.165) is 38.5 Å². The lowest BCUT2D eigenvalue weighted by Crippen LogP contribution is -2.59. The zero-order chi connectivity index (χ0) is 23.0. The number of ether oxygens (including phenoxy) is 1. The maximum atomic E-state index is 13.6. The summed E-state index contributed by atoms with van der Waals surface area (Å²) in [5.74, 6) is 2.27. The summed E-state index contributed by atoms with van der Waals surface area (Å²) in [6.07, 6.45) is 11.8. The maximum absolute atomic E-state index is 13.6. The second-order valence-corrected chi connectivity index (χ2v) is 10.9. The van der Waals surface area contributed by atoms with Gasteiger partial charge in [0, 0.05) is 24.7 Å². The summed E-state index contributed by atoms with van der Waals surface area (Å²) < 4.78 is 4.78. The van der Waals surface area contributed by atoms with Crippen LogP contribution in [0.25, 0.3) is 0 Å². The zero-order valence-corrected chi connectivity index (χ0v) is 20.5. The van der Waals surface area contributed by atoms with Gasteiger partial charge in [0.2, 0.25) is 0 Å². The van der Waals surface area contributed by atoms with Crippen molar-refractivity contribution in [3.63, 3.8) is 0 Å². The fourth-order valence-electron chi connectivity index (χ4n) is 7.84. The van der Waals surface area contributed by atoms with Gasteiger partial charge in [0.1, 0.15) is 5.78 Å². The molecule has 0 heterocycles. The highest BCUT2D eigenvalue weighted by atomic mass is 16.5. The highest BCUT2D eigenvalue weighted by Gasteiger charge is 2.65. The third-order valence-electron chi connectivity index (χ3n) is 9.93. The quantitative estimate of drug-likeness (QED) is 0.519. The van der Waals surface area contributed by atoms with E-state index in [-0.39, 0.29) is 28.0 Å². The lowest BCUT2D eigenvalue weighted by Gasteiger charge is -2.62. The minimum atomic E-state index is -0.240. The number of fused-ring (bicyclic) bond motifs is 5. The van der Waals surface area contributed by atoms with E-state index in [9.17, 15) is 14.4 Å². The van der Waals surface area contributed by atoms with E-state index in [0.29, 0.717) is 48.7 Å². The Bertz CT molecular complexity index is 754. The lowest BCUT2D eigenvalue weighted by molar-refractivity contribution is -0.158. The molecule has 0 amide bonds. The van der Waals surface area contributed by atoms with Crippen molar-refractivity contribution < 1.29 is 19.1 Å². The molecular formula is C27H42O4. The van der Waals surface area contributed by atoms with Crippen LogP contribution in [0.15, 0.2) is 12.2 Å². The largest absolute Gasteiger partial charge is 0.469 e. The third-order valence-corrected chi connectivity index (χ3v) is 9.93. The Morgan fingerprint density at radius 2 is 1.81 bits per heavy atom. The molecule has 7 unspecified atom stereocenters. The summed E-state index contributed by atoms with van der Waals surface area (Å²) in [6, 6.07) is 0. The first-order valence-electron chi connectivity index (χ1n) is 12.5. The Labute approximate surface area is 188 Å². The van der Waals surface area contributed by atoms with Gasteiger partial charge in [-0.2, -0.15) is 0 Å². The smallest absolute Gasteiger partial charge is 0.305 e. The van der Waals surface area contributed by atoms with Crippen LogP contribution in [0.1, 0.15) is 92.4 Å². The summed E-state index contributed by atoms with van der Waals surface area (Å²) >= 11 is 0. The normalized spacial score (nSPS) is 43.3. The average molecular weight is 431 g/mol. The molecular weight excluding hydrogens is 388 g/mol. The molecule has 4 aliphatic carbocycles. The standard InChI is InChI=1S/C25H36O4.C2H6/c1-23-12-11-18-19-9-8-16(6-5-7-22(28)29-4)25(19,3)21(27)14-20(18)24(23,2)13-10-17(26)15-23;1-2/h10,13,16,18-20H,5-9,11-12,14-15H2,1-4H3;1-2H3. The van der Waals surface area contributed by atoms with Crippen molar-refractivity contribution in [2.45, 2.75) is 92.4 Å². The van der Waals surface area contributed by atoms with E-state index in [2.05, 4.69) is 26.8 Å². The van der Waals surface area contributed by atoms with Crippen LogP contribution in [0.4, 0.5) is 0 Å². The van der Waals surface area contributed by atoms with E-state index >= 15 is 0 Å². The fraction of sp³-hybridized carbons (Fsp3) is 0.815. The van der Waals surface area contributed by atoms with Crippen molar-refractivity contribution >= 4 is 17.5 Å². The van der Waals surface area contributed by atoms with Crippen LogP contribution in [-0.2, 0) is 19.1 Å². The molecule has 174 valence electrons. The van der Waals surface area contributed by atoms with Crippen LogP contribution in [-0.4, -0.2) is 24.6 Å². The van der Waals surface area contributed by atoms with Crippen LogP contribution in [0.2, 0.25) is 0 Å². The Morgan fingerprint density at radius 3 is 2.48 bits per heavy atom. The van der Waals surface area contributed by atoms with Crippen molar-refractivity contribution in [3.05, 3.63) is 12.2 Å². The number of hydrogen-bond acceptors (Lipinski definition) is 4. The molecule has 7 atom stereocenters. The highest BCUT2D eigenvalue weighted by molar-refractivity contribution is 5.92. The summed E-state index contributed by atoms with van der Waals surface area (Å²) in [5.41, 5.74) is -0.327. The van der Waals surface area contributed by atoms with Gasteiger partial charge in [0.25, 0.3) is 0 Å². The van der Waals surface area contributed by atoms with Crippen molar-refractivity contribution in [2.24, 2.45) is 39.9 Å². The van der Waals surface area contributed by atoms with Crippen molar-refractivity contribution in [1.82, 2.24) is 0 Å². The molecule has 0 aliphatic heterocycles. The molecule has 0 bridgehead atoms. The van der Waals surface area contributed by atoms with E-state index in [1.165, 1.54) is 7.11 Å². The molecule has 0 aromatic carbocycles. The van der Waals surface area contributed by atoms with Gasteiger partial charge in [-0.3, -0.25) is 14.4 Å². The lowest BCUT2D eigenvalue weighted by atomic mass is 9.41. The Hall–Kier alpha value is -1.45. The van der Waals surface area contributed by atoms with Crippen LogP contribution in [0.3, 0.4) is 0 Å². The maximum Gasteiger partial charge on any atom is 0.305 e. The SMILES string of the molecule is CC.COC(=O)CCCC1CCC2C3CCC4(C)CC(=O)C=CC4(C)C3CC(=O)C12C. The molecule has 0 spiro atoms. The van der Waals surface area contributed by atoms with Gasteiger partial charge in [0.05, 0.1) is 7.11 Å². The van der Waals surface area contributed by atoms with Crippen molar-refractivity contribution in [1.29, 1.82) is 0 Å². The van der Waals surface area contributed by atoms with Crippen LogP contribution in [0, 0.1) is 39.9 Å². The summed E-state index contributed by atoms with van der Waals surface area (Å²) in [7, 11) is 1.44. The summed E-state index contributed by atoms with van der Waals surface area (Å²) in [6.45, 7) is 10.8. The van der Waals surface area contributed by atoms with Crippen molar-refractivity contribution in [3.8, 4) is 0 Å². The number of rotatable bonds is 4. The molecule has 0 aromatic rings. The number of allylic oxidation sites excluding steroid dienone is 2. The molecule has 3 fully saturated rings. The molecule has 31 heavy (non-hydrogen) atoms. The minimum Gasteiger partial charge on any atom is -0.469 e. The number of hydrogen-bond donors (Lipinski definition) is 0. The van der Waals surface area contributed by atoms with Gasteiger partial charge in [-0.05, 0) is 79.1 Å². The summed E-state index contributed by atoms with van der Waals surface area (Å²) in [5, 5.41) is 0. The Morgan fingerprint density at radius 1 is 1.10 bits per heavy atom. The summed E-state index contributed by atoms with van der Waals surface area (Å²) in [4.78, 5) is 37.3. The number of ketones is 2. The molecule has 4 nitrogen and oxygen atoms in total. The van der Waals surface area contributed by atoms with Gasteiger partial charge < -0.3 is 4.74 Å². The van der Waals surface area contributed by atoms with Crippen LogP contribution in [0.5, 0.6) is 0 Å². The first-order chi connectivity index (χ1) is 14.7. The van der Waals surface area contributed by atoms with Crippen LogP contribution >= 0.6 is 0 Å². The predicted octanol–water partition coefficient (Wildman–Crippen LogP) is 5.93. The molecule has 0 aromatic heterocycles. The number of methoxy groups -OCH3 is 1. The van der Waals surface area contributed by atoms with E-state index < -0.39 is 0 Å². The fourth-order valence-corrected chi connectivity index (χ4v) is 7.84. The highest BCUT2D eigenvalue weighted by Crippen LogP contribution is 2.68. The zero-order valence-electron chi connectivity index (χ0n) is 20.5. The molecule has 3 saturated carbocycles. The van der Waals surface area contributed by atoms with Gasteiger partial charge >= 0.3 is 5.97 Å². The first kappa shape index (κ1) is 24.2. The Balaban J connectivity index is 0.00000132. The molecule has 0 N–H and O–H groups in total. The van der Waals surface area contributed by atoms with Crippen LogP contribution < -0.4 is 0 Å². The number of carbonyl (C=O) groups excluding carboxylic acids is 3. The molecule has 4 aliphatic rings. The predicted molar refractivity (Wildman–Crippen MR) is 122 cm³/mol. The van der Waals surface area contributed by atoms with Gasteiger partial charge in [-0.25, -0.2) is 0 Å². The minimum absolute atomic E-state index is 0.0213. The van der Waals surface area contributed by atoms with E-state index in [1.54, 1.807) is 6.08 Å². The number of esters is 1. The average Bonchev–Trinajstić information content (AvgIpc) is 3.09. The monoisotopic (exact) mass is 430 g/mol. The van der Waals surface area contributed by atoms with Gasteiger partial charge in [0.15, 0.2) is 5.78 Å². The molecule has 4 heteroatoms. The number of carbonyl (C=O) groups is 3. The van der Waals surface area contributed by atoms with E-state index in [1.807, 2.05) is 13.8 Å². The third kappa shape index (κ3) is 3.72. The second kappa shape index (κ2) is 8.83. The molecule has 4 rings (SSSR count). The van der Waals surface area contributed by atoms with Crippen molar-refractivity contribution in [2.75, 3.05) is 7.11 Å². The molecule has 0 saturated heterocycles. The van der Waals surface area contributed by atoms with Gasteiger partial charge in [-0.15, -0.1) is 0 Å². The topological polar surface area (TPSA) is 60.4 Å². The first-order valence-corrected chi connectivity index (χ1v) is 12.5.